The zero-order valence-electron chi connectivity index (χ0n) is 13.3. The maximum atomic E-state index is 6.38. The number of nitrogens with zero attached hydrogens (tertiary/aromatic N) is 2. The summed E-state index contributed by atoms with van der Waals surface area (Å²) >= 11 is 0. The molecule has 3 nitrogen and oxygen atoms in total. The first-order chi connectivity index (χ1) is 10.2. The Labute approximate surface area is 129 Å². The second-order valence-corrected chi connectivity index (χ2v) is 6.79. The van der Waals surface area contributed by atoms with E-state index in [9.17, 15) is 0 Å². The molecule has 2 fully saturated rings. The van der Waals surface area contributed by atoms with E-state index in [-0.39, 0.29) is 6.04 Å². The molecule has 0 aromatic heterocycles. The lowest BCUT2D eigenvalue weighted by Crippen LogP contribution is -2.50. The Morgan fingerprint density at radius 3 is 2.29 bits per heavy atom. The van der Waals surface area contributed by atoms with E-state index in [0.717, 1.165) is 12.6 Å². The van der Waals surface area contributed by atoms with Crippen LogP contribution in [0.25, 0.3) is 0 Å². The summed E-state index contributed by atoms with van der Waals surface area (Å²) in [6.45, 7) is 7.92. The topological polar surface area (TPSA) is 32.5 Å². The van der Waals surface area contributed by atoms with Crippen molar-refractivity contribution in [1.82, 2.24) is 9.80 Å². The number of nitrogens with two attached hydrogens (primary N) is 1. The molecule has 21 heavy (non-hydrogen) atoms. The summed E-state index contributed by atoms with van der Waals surface area (Å²) in [5.41, 5.74) is 8.94. The van der Waals surface area contributed by atoms with Crippen LogP contribution in [-0.4, -0.2) is 48.6 Å². The van der Waals surface area contributed by atoms with Gasteiger partial charge in [-0.1, -0.05) is 42.7 Å². The van der Waals surface area contributed by atoms with Crippen LogP contribution in [0.5, 0.6) is 0 Å². The third-order valence-corrected chi connectivity index (χ3v) is 5.21. The number of benzene rings is 1. The second kappa shape index (κ2) is 6.91. The van der Waals surface area contributed by atoms with Gasteiger partial charge < -0.3 is 5.73 Å². The van der Waals surface area contributed by atoms with Crippen molar-refractivity contribution >= 4 is 0 Å². The van der Waals surface area contributed by atoms with E-state index in [2.05, 4.69) is 41.0 Å². The van der Waals surface area contributed by atoms with Gasteiger partial charge in [-0.3, -0.25) is 9.80 Å². The monoisotopic (exact) mass is 287 g/mol. The molecule has 0 amide bonds. The number of rotatable bonds is 4. The van der Waals surface area contributed by atoms with E-state index in [4.69, 9.17) is 5.73 Å². The molecule has 3 rings (SSSR count). The van der Waals surface area contributed by atoms with Crippen LogP contribution in [0.2, 0.25) is 0 Å². The molecule has 1 aliphatic carbocycles. The first kappa shape index (κ1) is 15.0. The zero-order chi connectivity index (χ0) is 14.7. The fourth-order valence-corrected chi connectivity index (χ4v) is 3.78. The highest BCUT2D eigenvalue weighted by molar-refractivity contribution is 5.24. The van der Waals surface area contributed by atoms with Crippen molar-refractivity contribution in [2.75, 3.05) is 32.7 Å². The third-order valence-electron chi connectivity index (χ3n) is 5.21. The summed E-state index contributed by atoms with van der Waals surface area (Å²) in [4.78, 5) is 5.25. The van der Waals surface area contributed by atoms with E-state index in [0.29, 0.717) is 0 Å². The van der Waals surface area contributed by atoms with Crippen molar-refractivity contribution in [3.05, 3.63) is 35.4 Å². The van der Waals surface area contributed by atoms with Crippen LogP contribution in [0, 0.1) is 6.92 Å². The van der Waals surface area contributed by atoms with E-state index < -0.39 is 0 Å². The van der Waals surface area contributed by atoms with Gasteiger partial charge in [0.05, 0.1) is 0 Å². The maximum Gasteiger partial charge on any atom is 0.0424 e. The normalized spacial score (nSPS) is 23.5. The molecule has 2 N–H and O–H groups in total. The molecule has 0 radical (unpaired) electrons. The Morgan fingerprint density at radius 2 is 1.67 bits per heavy atom. The summed E-state index contributed by atoms with van der Waals surface area (Å²) < 4.78 is 0. The zero-order valence-corrected chi connectivity index (χ0v) is 13.3. The van der Waals surface area contributed by atoms with E-state index in [1.165, 1.54) is 63.0 Å². The molecule has 1 saturated heterocycles. The highest BCUT2D eigenvalue weighted by Gasteiger charge is 2.26. The number of aryl methyl sites for hydroxylation is 1. The van der Waals surface area contributed by atoms with Gasteiger partial charge in [-0.25, -0.2) is 0 Å². The quantitative estimate of drug-likeness (QED) is 0.924. The Balaban J connectivity index is 1.47. The van der Waals surface area contributed by atoms with Crippen molar-refractivity contribution in [2.24, 2.45) is 5.73 Å². The summed E-state index contributed by atoms with van der Waals surface area (Å²) in [5.74, 6) is 0. The Morgan fingerprint density at radius 1 is 1.05 bits per heavy atom. The van der Waals surface area contributed by atoms with Crippen molar-refractivity contribution in [3.8, 4) is 0 Å². The van der Waals surface area contributed by atoms with E-state index in [1.807, 2.05) is 0 Å². The molecule has 1 atom stereocenters. The summed E-state index contributed by atoms with van der Waals surface area (Å²) in [6.07, 6.45) is 5.71. The average Bonchev–Trinajstić information content (AvgIpc) is 3.03. The summed E-state index contributed by atoms with van der Waals surface area (Å²) in [5, 5.41) is 0. The fourth-order valence-electron chi connectivity index (χ4n) is 3.78. The minimum Gasteiger partial charge on any atom is -0.323 e. The molecule has 116 valence electrons. The van der Waals surface area contributed by atoms with Gasteiger partial charge in [0.1, 0.15) is 0 Å². The maximum absolute atomic E-state index is 6.38. The third kappa shape index (κ3) is 3.85. The first-order valence-electron chi connectivity index (χ1n) is 8.51. The van der Waals surface area contributed by atoms with Gasteiger partial charge in [0.15, 0.2) is 0 Å². The molecule has 1 unspecified atom stereocenters. The molecule has 1 heterocycles. The summed E-state index contributed by atoms with van der Waals surface area (Å²) in [7, 11) is 0. The van der Waals surface area contributed by atoms with Crippen molar-refractivity contribution in [2.45, 2.75) is 44.7 Å². The number of hydrogen-bond acceptors (Lipinski definition) is 3. The molecule has 2 aliphatic rings. The molecule has 1 aromatic carbocycles. The summed E-state index contributed by atoms with van der Waals surface area (Å²) in [6, 6.07) is 9.69. The average molecular weight is 287 g/mol. The minimum absolute atomic E-state index is 0.142. The van der Waals surface area contributed by atoms with Gasteiger partial charge >= 0.3 is 0 Å². The molecule has 1 aromatic rings. The molecule has 1 aliphatic heterocycles. The van der Waals surface area contributed by atoms with Crippen LogP contribution in [0.4, 0.5) is 0 Å². The highest BCUT2D eigenvalue weighted by atomic mass is 15.3. The molecule has 3 heteroatoms. The minimum atomic E-state index is 0.142. The van der Waals surface area contributed by atoms with Crippen LogP contribution < -0.4 is 5.73 Å². The second-order valence-electron chi connectivity index (χ2n) is 6.79. The van der Waals surface area contributed by atoms with Gasteiger partial charge in [0.2, 0.25) is 0 Å². The van der Waals surface area contributed by atoms with Crippen LogP contribution in [0.15, 0.2) is 24.3 Å². The largest absolute Gasteiger partial charge is 0.323 e. The fraction of sp³-hybridized carbons (Fsp3) is 0.667. The Bertz CT molecular complexity index is 428. The van der Waals surface area contributed by atoms with Crippen molar-refractivity contribution in [1.29, 1.82) is 0 Å². The SMILES string of the molecule is Cc1ccc(C(N)CN2CCN(C3CCCC3)CC2)cc1. The van der Waals surface area contributed by atoms with Gasteiger partial charge in [0, 0.05) is 44.8 Å². The molecule has 1 saturated carbocycles. The Hall–Kier alpha value is -0.900. The van der Waals surface area contributed by atoms with Crippen LogP contribution >= 0.6 is 0 Å². The van der Waals surface area contributed by atoms with Crippen molar-refractivity contribution < 1.29 is 0 Å². The van der Waals surface area contributed by atoms with Gasteiger partial charge in [-0.2, -0.15) is 0 Å². The highest BCUT2D eigenvalue weighted by Crippen LogP contribution is 2.24. The molecule has 0 bridgehead atoms. The van der Waals surface area contributed by atoms with Crippen LogP contribution in [0.3, 0.4) is 0 Å². The Kier molecular flexibility index (Phi) is 4.94. The van der Waals surface area contributed by atoms with Crippen LogP contribution in [-0.2, 0) is 0 Å². The van der Waals surface area contributed by atoms with E-state index in [1.54, 1.807) is 0 Å². The van der Waals surface area contributed by atoms with Crippen molar-refractivity contribution in [3.63, 3.8) is 0 Å². The predicted molar refractivity (Wildman–Crippen MR) is 88.4 cm³/mol. The lowest BCUT2D eigenvalue weighted by molar-refractivity contribution is 0.0942. The van der Waals surface area contributed by atoms with Gasteiger partial charge in [-0.15, -0.1) is 0 Å². The molecule has 0 spiro atoms. The van der Waals surface area contributed by atoms with E-state index >= 15 is 0 Å². The molecular weight excluding hydrogens is 258 g/mol. The standard InChI is InChI=1S/C18H29N3/c1-15-6-8-16(9-7-15)18(19)14-20-10-12-21(13-11-20)17-4-2-3-5-17/h6-9,17-18H,2-5,10-14,19H2,1H3. The van der Waals surface area contributed by atoms with Gasteiger partial charge in [0.25, 0.3) is 0 Å². The van der Waals surface area contributed by atoms with Gasteiger partial charge in [-0.05, 0) is 25.3 Å². The smallest absolute Gasteiger partial charge is 0.0424 e. The molecular formula is C18H29N3. The first-order valence-corrected chi connectivity index (χ1v) is 8.51. The number of piperazine rings is 1. The lowest BCUT2D eigenvalue weighted by Gasteiger charge is -2.38. The number of hydrogen-bond donors (Lipinski definition) is 1. The van der Waals surface area contributed by atoms with Crippen LogP contribution in [0.1, 0.15) is 42.9 Å². The predicted octanol–water partition coefficient (Wildman–Crippen LogP) is 2.56. The lowest BCUT2D eigenvalue weighted by atomic mass is 10.0.